The summed E-state index contributed by atoms with van der Waals surface area (Å²) < 4.78 is 0. The summed E-state index contributed by atoms with van der Waals surface area (Å²) in [5, 5.41) is 13.2. The van der Waals surface area contributed by atoms with Crippen LogP contribution in [0.2, 0.25) is 5.15 Å². The Morgan fingerprint density at radius 3 is 2.76 bits per heavy atom. The van der Waals surface area contributed by atoms with Gasteiger partial charge in [0.25, 0.3) is 5.91 Å². The summed E-state index contributed by atoms with van der Waals surface area (Å²) in [6.45, 7) is 2.06. The maximum absolute atomic E-state index is 12.0. The summed E-state index contributed by atoms with van der Waals surface area (Å²) in [6.07, 6.45) is 2.88. The Balaban J connectivity index is 2.16. The molecule has 0 aliphatic rings. The lowest BCUT2D eigenvalue weighted by molar-refractivity contribution is -0.385. The van der Waals surface area contributed by atoms with Crippen molar-refractivity contribution in [1.82, 2.24) is 15.3 Å². The molecule has 1 N–H and O–H groups in total. The van der Waals surface area contributed by atoms with E-state index in [1.54, 1.807) is 6.20 Å². The van der Waals surface area contributed by atoms with E-state index in [1.165, 1.54) is 12.3 Å². The molecule has 0 saturated heterocycles. The summed E-state index contributed by atoms with van der Waals surface area (Å²) in [4.78, 5) is 30.0. The number of carbonyl (C=O) groups excluding carboxylic acids is 1. The van der Waals surface area contributed by atoms with Crippen LogP contribution in [0.3, 0.4) is 0 Å². The SMILES string of the molecule is Cc1ccc(CNC(=O)c2ccnc(Cl)c2[N+](=O)[O-])cn1. The van der Waals surface area contributed by atoms with Crippen LogP contribution < -0.4 is 5.32 Å². The molecule has 0 radical (unpaired) electrons. The van der Waals surface area contributed by atoms with Gasteiger partial charge in [-0.3, -0.25) is 19.9 Å². The Kier molecular flexibility index (Phi) is 4.44. The Hall–Kier alpha value is -2.54. The van der Waals surface area contributed by atoms with Crippen molar-refractivity contribution in [3.8, 4) is 0 Å². The van der Waals surface area contributed by atoms with Crippen LogP contribution in [0.1, 0.15) is 21.6 Å². The van der Waals surface area contributed by atoms with Gasteiger partial charge in [-0.1, -0.05) is 17.7 Å². The smallest absolute Gasteiger partial charge is 0.319 e. The number of aryl methyl sites for hydroxylation is 1. The van der Waals surface area contributed by atoms with Gasteiger partial charge >= 0.3 is 5.69 Å². The summed E-state index contributed by atoms with van der Waals surface area (Å²) >= 11 is 5.66. The molecule has 0 saturated carbocycles. The number of pyridine rings is 2. The molecular weight excluding hydrogens is 296 g/mol. The highest BCUT2D eigenvalue weighted by atomic mass is 35.5. The van der Waals surface area contributed by atoms with Crippen LogP contribution in [0.4, 0.5) is 5.69 Å². The van der Waals surface area contributed by atoms with Crippen molar-refractivity contribution in [3.63, 3.8) is 0 Å². The lowest BCUT2D eigenvalue weighted by Crippen LogP contribution is -2.24. The molecule has 2 aromatic heterocycles. The molecule has 0 unspecified atom stereocenters. The second kappa shape index (κ2) is 6.27. The van der Waals surface area contributed by atoms with E-state index in [0.717, 1.165) is 11.3 Å². The topological polar surface area (TPSA) is 98.0 Å². The first kappa shape index (κ1) is 14.9. The Morgan fingerprint density at radius 2 is 2.14 bits per heavy atom. The van der Waals surface area contributed by atoms with Crippen molar-refractivity contribution in [1.29, 1.82) is 0 Å². The largest absolute Gasteiger partial charge is 0.348 e. The second-order valence-electron chi connectivity index (χ2n) is 4.25. The van der Waals surface area contributed by atoms with Gasteiger partial charge in [-0.25, -0.2) is 4.98 Å². The van der Waals surface area contributed by atoms with Crippen molar-refractivity contribution in [3.05, 3.63) is 62.7 Å². The zero-order valence-electron chi connectivity index (χ0n) is 11.0. The van der Waals surface area contributed by atoms with Gasteiger partial charge < -0.3 is 5.32 Å². The fraction of sp³-hybridized carbons (Fsp3) is 0.154. The zero-order valence-corrected chi connectivity index (χ0v) is 11.8. The van der Waals surface area contributed by atoms with Gasteiger partial charge in [-0.15, -0.1) is 0 Å². The minimum Gasteiger partial charge on any atom is -0.348 e. The van der Waals surface area contributed by atoms with Gasteiger partial charge in [0.2, 0.25) is 5.15 Å². The highest BCUT2D eigenvalue weighted by molar-refractivity contribution is 6.32. The fourth-order valence-electron chi connectivity index (χ4n) is 1.67. The van der Waals surface area contributed by atoms with Crippen LogP contribution in [0.5, 0.6) is 0 Å². The molecule has 0 aliphatic carbocycles. The number of aromatic nitrogens is 2. The summed E-state index contributed by atoms with van der Waals surface area (Å²) in [7, 11) is 0. The van der Waals surface area contributed by atoms with Crippen molar-refractivity contribution < 1.29 is 9.72 Å². The average Bonchev–Trinajstić information content (AvgIpc) is 2.45. The third-order valence-corrected chi connectivity index (χ3v) is 3.01. The van der Waals surface area contributed by atoms with Gasteiger partial charge in [0.05, 0.1) is 4.92 Å². The quantitative estimate of drug-likeness (QED) is 0.531. The molecule has 0 fully saturated rings. The lowest BCUT2D eigenvalue weighted by Gasteiger charge is -2.06. The van der Waals surface area contributed by atoms with Crippen LogP contribution in [0, 0.1) is 17.0 Å². The lowest BCUT2D eigenvalue weighted by atomic mass is 10.2. The van der Waals surface area contributed by atoms with Gasteiger partial charge in [0.1, 0.15) is 5.56 Å². The van der Waals surface area contributed by atoms with E-state index in [0.29, 0.717) is 0 Å². The van der Waals surface area contributed by atoms with E-state index in [9.17, 15) is 14.9 Å². The molecule has 8 heteroatoms. The second-order valence-corrected chi connectivity index (χ2v) is 4.60. The minimum absolute atomic E-state index is 0.125. The van der Waals surface area contributed by atoms with Crippen molar-refractivity contribution in [2.45, 2.75) is 13.5 Å². The van der Waals surface area contributed by atoms with Crippen molar-refractivity contribution in [2.75, 3.05) is 0 Å². The first-order valence-electron chi connectivity index (χ1n) is 5.97. The molecule has 7 nitrogen and oxygen atoms in total. The van der Waals surface area contributed by atoms with Crippen molar-refractivity contribution >= 4 is 23.2 Å². The van der Waals surface area contributed by atoms with Gasteiger partial charge in [0, 0.05) is 24.6 Å². The standard InChI is InChI=1S/C13H11ClN4O3/c1-8-2-3-9(6-16-8)7-17-13(19)10-4-5-15-12(14)11(10)18(20)21/h2-6H,7H2,1H3,(H,17,19). The normalized spacial score (nSPS) is 10.2. The molecule has 2 aromatic rings. The molecule has 0 aliphatic heterocycles. The van der Waals surface area contributed by atoms with Gasteiger partial charge in [0.15, 0.2) is 0 Å². The maximum Gasteiger partial charge on any atom is 0.319 e. The highest BCUT2D eigenvalue weighted by Gasteiger charge is 2.24. The Labute approximate surface area is 125 Å². The summed E-state index contributed by atoms with van der Waals surface area (Å²) in [5.41, 5.74) is 1.03. The zero-order chi connectivity index (χ0) is 15.4. The summed E-state index contributed by atoms with van der Waals surface area (Å²) in [6, 6.07) is 4.89. The van der Waals surface area contributed by atoms with E-state index in [1.807, 2.05) is 19.1 Å². The number of hydrogen-bond donors (Lipinski definition) is 1. The van der Waals surface area contributed by atoms with Crippen molar-refractivity contribution in [2.24, 2.45) is 0 Å². The van der Waals surface area contributed by atoms with Crippen LogP contribution in [0.25, 0.3) is 0 Å². The molecule has 2 rings (SSSR count). The molecule has 21 heavy (non-hydrogen) atoms. The first-order valence-corrected chi connectivity index (χ1v) is 6.35. The summed E-state index contributed by atoms with van der Waals surface area (Å²) in [5.74, 6) is -0.591. The molecule has 2 heterocycles. The number of carbonyl (C=O) groups is 1. The number of halogens is 1. The Bertz CT molecular complexity index is 688. The van der Waals surface area contributed by atoms with Crippen LogP contribution in [-0.4, -0.2) is 20.8 Å². The number of nitro groups is 1. The Morgan fingerprint density at radius 1 is 1.38 bits per heavy atom. The molecule has 0 bridgehead atoms. The highest BCUT2D eigenvalue weighted by Crippen LogP contribution is 2.25. The fourth-order valence-corrected chi connectivity index (χ4v) is 1.89. The van der Waals surface area contributed by atoms with Crippen LogP contribution in [-0.2, 0) is 6.54 Å². The molecular formula is C13H11ClN4O3. The number of nitrogens with zero attached hydrogens (tertiary/aromatic N) is 3. The van der Waals surface area contributed by atoms with E-state index >= 15 is 0 Å². The van der Waals surface area contributed by atoms with E-state index in [2.05, 4.69) is 15.3 Å². The molecule has 0 atom stereocenters. The predicted octanol–water partition coefficient (Wildman–Crippen LogP) is 2.28. The third kappa shape index (κ3) is 3.51. The van der Waals surface area contributed by atoms with Gasteiger partial charge in [-0.05, 0) is 24.6 Å². The van der Waals surface area contributed by atoms with Crippen LogP contribution in [0.15, 0.2) is 30.6 Å². The van der Waals surface area contributed by atoms with Gasteiger partial charge in [-0.2, -0.15) is 0 Å². The molecule has 0 spiro atoms. The average molecular weight is 307 g/mol. The maximum atomic E-state index is 12.0. The number of amides is 1. The molecule has 108 valence electrons. The number of hydrogen-bond acceptors (Lipinski definition) is 5. The van der Waals surface area contributed by atoms with Crippen LogP contribution >= 0.6 is 11.6 Å². The third-order valence-electron chi connectivity index (χ3n) is 2.73. The monoisotopic (exact) mass is 306 g/mol. The first-order chi connectivity index (χ1) is 9.99. The molecule has 0 aromatic carbocycles. The van der Waals surface area contributed by atoms with E-state index in [-0.39, 0.29) is 17.3 Å². The number of rotatable bonds is 4. The minimum atomic E-state index is -0.725. The molecule has 1 amide bonds. The number of nitrogens with one attached hydrogen (secondary N) is 1. The van der Waals surface area contributed by atoms with E-state index < -0.39 is 16.5 Å². The predicted molar refractivity (Wildman–Crippen MR) is 76.0 cm³/mol. The van der Waals surface area contributed by atoms with E-state index in [4.69, 9.17) is 11.6 Å².